The smallest absolute Gasteiger partial charge is 0.0356 e. The van der Waals surface area contributed by atoms with Crippen LogP contribution in [0.2, 0.25) is 0 Å². The predicted molar refractivity (Wildman–Crippen MR) is 118 cm³/mol. The predicted octanol–water partition coefficient (Wildman–Crippen LogP) is 8.15. The SMILES string of the molecule is Brc1ccc2sc3ccc(-c4ccc(-c5ccccc5)cc4)cc3c2c1. The molecule has 0 aliphatic carbocycles. The average molecular weight is 415 g/mol. The molecular formula is C24H15BrS. The van der Waals surface area contributed by atoms with Crippen molar-refractivity contribution in [3.05, 3.63) is 95.5 Å². The summed E-state index contributed by atoms with van der Waals surface area (Å²) >= 11 is 5.45. The number of benzene rings is 4. The van der Waals surface area contributed by atoms with Gasteiger partial charge in [-0.1, -0.05) is 76.6 Å². The monoisotopic (exact) mass is 414 g/mol. The van der Waals surface area contributed by atoms with Crippen LogP contribution in [0.4, 0.5) is 0 Å². The summed E-state index contributed by atoms with van der Waals surface area (Å²) in [5.74, 6) is 0. The third-order valence-electron chi connectivity index (χ3n) is 4.76. The van der Waals surface area contributed by atoms with Crippen molar-refractivity contribution >= 4 is 47.4 Å². The number of thiophene rings is 1. The molecule has 1 heterocycles. The summed E-state index contributed by atoms with van der Waals surface area (Å²) in [6, 6.07) is 32.7. The normalized spacial score (nSPS) is 11.3. The number of rotatable bonds is 2. The zero-order valence-electron chi connectivity index (χ0n) is 13.9. The molecule has 0 aliphatic rings. The van der Waals surface area contributed by atoms with Crippen LogP contribution in [0.15, 0.2) is 95.5 Å². The Morgan fingerprint density at radius 3 is 1.77 bits per heavy atom. The first-order valence-electron chi connectivity index (χ1n) is 8.56. The fourth-order valence-corrected chi connectivity index (χ4v) is 4.84. The van der Waals surface area contributed by atoms with Crippen molar-refractivity contribution in [3.63, 3.8) is 0 Å². The summed E-state index contributed by atoms with van der Waals surface area (Å²) in [6.45, 7) is 0. The second-order valence-corrected chi connectivity index (χ2v) is 8.40. The second kappa shape index (κ2) is 6.39. The standard InChI is InChI=1S/C24H15BrS/c25-20-11-13-24-22(15-20)21-14-19(10-12-23(21)26-24)18-8-6-17(7-9-18)16-4-2-1-3-5-16/h1-15H. The lowest BCUT2D eigenvalue weighted by Crippen LogP contribution is -1.80. The van der Waals surface area contributed by atoms with E-state index in [1.807, 2.05) is 11.3 Å². The van der Waals surface area contributed by atoms with Gasteiger partial charge in [-0.25, -0.2) is 0 Å². The Morgan fingerprint density at radius 1 is 0.500 bits per heavy atom. The van der Waals surface area contributed by atoms with Crippen molar-refractivity contribution in [1.29, 1.82) is 0 Å². The van der Waals surface area contributed by atoms with Crippen molar-refractivity contribution in [2.24, 2.45) is 0 Å². The Hall–Kier alpha value is -2.42. The minimum Gasteiger partial charge on any atom is -0.135 e. The maximum atomic E-state index is 3.60. The maximum Gasteiger partial charge on any atom is 0.0356 e. The zero-order valence-corrected chi connectivity index (χ0v) is 16.3. The van der Waals surface area contributed by atoms with Crippen LogP contribution in [0.1, 0.15) is 0 Å². The highest BCUT2D eigenvalue weighted by atomic mass is 79.9. The molecule has 0 saturated carbocycles. The quantitative estimate of drug-likeness (QED) is 0.273. The molecule has 0 N–H and O–H groups in total. The van der Waals surface area contributed by atoms with Crippen LogP contribution in [-0.2, 0) is 0 Å². The third kappa shape index (κ3) is 2.76. The van der Waals surface area contributed by atoms with Crippen LogP contribution in [0.3, 0.4) is 0 Å². The molecular weight excluding hydrogens is 400 g/mol. The number of halogens is 1. The summed E-state index contributed by atoms with van der Waals surface area (Å²) < 4.78 is 3.80. The third-order valence-corrected chi connectivity index (χ3v) is 6.40. The van der Waals surface area contributed by atoms with E-state index < -0.39 is 0 Å². The Kier molecular flexibility index (Phi) is 3.88. The minimum atomic E-state index is 1.13. The van der Waals surface area contributed by atoms with Crippen molar-refractivity contribution in [3.8, 4) is 22.3 Å². The van der Waals surface area contributed by atoms with Gasteiger partial charge >= 0.3 is 0 Å². The first kappa shape index (κ1) is 15.8. The van der Waals surface area contributed by atoms with Gasteiger partial charge in [0.15, 0.2) is 0 Å². The van der Waals surface area contributed by atoms with E-state index in [1.165, 1.54) is 42.4 Å². The molecule has 1 aromatic heterocycles. The second-order valence-electron chi connectivity index (χ2n) is 6.40. The van der Waals surface area contributed by atoms with Gasteiger partial charge in [-0.3, -0.25) is 0 Å². The molecule has 26 heavy (non-hydrogen) atoms. The van der Waals surface area contributed by atoms with Crippen LogP contribution in [0.5, 0.6) is 0 Å². The van der Waals surface area contributed by atoms with E-state index in [9.17, 15) is 0 Å². The molecule has 0 nitrogen and oxygen atoms in total. The van der Waals surface area contributed by atoms with Gasteiger partial charge in [-0.2, -0.15) is 0 Å². The topological polar surface area (TPSA) is 0 Å². The fraction of sp³-hybridized carbons (Fsp3) is 0. The summed E-state index contributed by atoms with van der Waals surface area (Å²) in [7, 11) is 0. The van der Waals surface area contributed by atoms with E-state index >= 15 is 0 Å². The molecule has 0 saturated heterocycles. The summed E-state index contributed by atoms with van der Waals surface area (Å²) in [5, 5.41) is 2.65. The molecule has 5 rings (SSSR count). The van der Waals surface area contributed by atoms with Gasteiger partial charge in [-0.15, -0.1) is 11.3 Å². The first-order chi connectivity index (χ1) is 12.8. The lowest BCUT2D eigenvalue weighted by molar-refractivity contribution is 1.60. The molecule has 0 bridgehead atoms. The van der Waals surface area contributed by atoms with E-state index in [1.54, 1.807) is 0 Å². The van der Waals surface area contributed by atoms with E-state index in [0.29, 0.717) is 0 Å². The highest BCUT2D eigenvalue weighted by Gasteiger charge is 2.08. The van der Waals surface area contributed by atoms with Crippen LogP contribution >= 0.6 is 27.3 Å². The van der Waals surface area contributed by atoms with Crippen molar-refractivity contribution < 1.29 is 0 Å². The Balaban J connectivity index is 1.60. The van der Waals surface area contributed by atoms with E-state index in [0.717, 1.165) is 4.47 Å². The lowest BCUT2D eigenvalue weighted by atomic mass is 9.99. The molecule has 0 unspecified atom stereocenters. The highest BCUT2D eigenvalue weighted by Crippen LogP contribution is 2.37. The van der Waals surface area contributed by atoms with E-state index in [-0.39, 0.29) is 0 Å². The van der Waals surface area contributed by atoms with Gasteiger partial charge in [0.25, 0.3) is 0 Å². The maximum absolute atomic E-state index is 3.60. The van der Waals surface area contributed by atoms with Gasteiger partial charge < -0.3 is 0 Å². The Bertz CT molecular complexity index is 1220. The first-order valence-corrected chi connectivity index (χ1v) is 10.2. The summed E-state index contributed by atoms with van der Waals surface area (Å²) in [5.41, 5.74) is 5.02. The minimum absolute atomic E-state index is 1.13. The van der Waals surface area contributed by atoms with Crippen molar-refractivity contribution in [2.45, 2.75) is 0 Å². The molecule has 5 aromatic rings. The molecule has 0 spiro atoms. The molecule has 0 aliphatic heterocycles. The highest BCUT2D eigenvalue weighted by molar-refractivity contribution is 9.10. The molecule has 0 fully saturated rings. The Morgan fingerprint density at radius 2 is 1.04 bits per heavy atom. The number of fused-ring (bicyclic) bond motifs is 3. The van der Waals surface area contributed by atoms with Crippen LogP contribution in [0.25, 0.3) is 42.4 Å². The van der Waals surface area contributed by atoms with Crippen molar-refractivity contribution in [2.75, 3.05) is 0 Å². The van der Waals surface area contributed by atoms with Gasteiger partial charge in [0.2, 0.25) is 0 Å². The summed E-state index contributed by atoms with van der Waals surface area (Å²) in [6.07, 6.45) is 0. The van der Waals surface area contributed by atoms with Crippen LogP contribution in [0, 0.1) is 0 Å². The zero-order chi connectivity index (χ0) is 17.5. The van der Waals surface area contributed by atoms with Gasteiger partial charge in [-0.05, 0) is 52.6 Å². The molecule has 124 valence electrons. The molecule has 0 atom stereocenters. The Labute approximate surface area is 164 Å². The van der Waals surface area contributed by atoms with Gasteiger partial charge in [0, 0.05) is 24.6 Å². The average Bonchev–Trinajstić information content (AvgIpc) is 3.06. The molecule has 0 amide bonds. The summed E-state index contributed by atoms with van der Waals surface area (Å²) in [4.78, 5) is 0. The van der Waals surface area contributed by atoms with Crippen molar-refractivity contribution in [1.82, 2.24) is 0 Å². The molecule has 2 heteroatoms. The molecule has 0 radical (unpaired) electrons. The van der Waals surface area contributed by atoms with Gasteiger partial charge in [0.1, 0.15) is 0 Å². The number of hydrogen-bond donors (Lipinski definition) is 0. The largest absolute Gasteiger partial charge is 0.135 e. The fourth-order valence-electron chi connectivity index (χ4n) is 3.41. The van der Waals surface area contributed by atoms with Crippen LogP contribution < -0.4 is 0 Å². The van der Waals surface area contributed by atoms with Gasteiger partial charge in [0.05, 0.1) is 0 Å². The number of hydrogen-bond acceptors (Lipinski definition) is 1. The van der Waals surface area contributed by atoms with E-state index in [4.69, 9.17) is 0 Å². The lowest BCUT2D eigenvalue weighted by Gasteiger charge is -2.05. The van der Waals surface area contributed by atoms with E-state index in [2.05, 4.69) is 107 Å². The van der Waals surface area contributed by atoms with Crippen LogP contribution in [-0.4, -0.2) is 0 Å². The molecule has 4 aromatic carbocycles.